The van der Waals surface area contributed by atoms with Crippen LogP contribution in [0.4, 0.5) is 10.1 Å². The molecular weight excluding hydrogens is 440 g/mol. The minimum absolute atomic E-state index is 0.0832. The molecule has 5 nitrogen and oxygen atoms in total. The topological polar surface area (TPSA) is 84.2 Å². The van der Waals surface area contributed by atoms with Crippen molar-refractivity contribution in [2.45, 2.75) is 50.6 Å². The van der Waals surface area contributed by atoms with Crippen molar-refractivity contribution in [2.24, 2.45) is 11.1 Å². The number of hydrogen-bond acceptors (Lipinski definition) is 3. The van der Waals surface area contributed by atoms with Gasteiger partial charge in [-0.05, 0) is 47.2 Å². The number of benzene rings is 2. The smallest absolute Gasteiger partial charge is 0.237 e. The number of carbonyl (C=O) groups excluding carboxylic acids is 2. The van der Waals surface area contributed by atoms with Crippen molar-refractivity contribution in [1.29, 1.82) is 0 Å². The highest BCUT2D eigenvalue weighted by molar-refractivity contribution is 6.31. The van der Waals surface area contributed by atoms with Crippen molar-refractivity contribution >= 4 is 40.7 Å². The van der Waals surface area contributed by atoms with E-state index < -0.39 is 35.1 Å². The van der Waals surface area contributed by atoms with Gasteiger partial charge in [0.1, 0.15) is 11.2 Å². The zero-order valence-electron chi connectivity index (χ0n) is 17.4. The number of carbonyl (C=O) groups is 2. The van der Waals surface area contributed by atoms with Crippen LogP contribution in [-0.4, -0.2) is 23.9 Å². The molecule has 2 aliphatic rings. The Morgan fingerprint density at radius 2 is 1.94 bits per heavy atom. The van der Waals surface area contributed by atoms with Gasteiger partial charge in [0, 0.05) is 22.7 Å². The first kappa shape index (κ1) is 22.1. The third-order valence-electron chi connectivity index (χ3n) is 6.22. The van der Waals surface area contributed by atoms with E-state index in [2.05, 4.69) is 10.6 Å². The molecule has 4 atom stereocenters. The molecule has 0 bridgehead atoms. The fourth-order valence-corrected chi connectivity index (χ4v) is 5.52. The maximum absolute atomic E-state index is 14.6. The van der Waals surface area contributed by atoms with Crippen LogP contribution < -0.4 is 16.4 Å². The van der Waals surface area contributed by atoms with E-state index in [1.54, 1.807) is 18.2 Å². The molecule has 2 aliphatic heterocycles. The highest BCUT2D eigenvalue weighted by Gasteiger charge is 2.65. The van der Waals surface area contributed by atoms with E-state index in [4.69, 9.17) is 28.9 Å². The maximum atomic E-state index is 14.6. The Morgan fingerprint density at radius 1 is 1.23 bits per heavy atom. The number of nitrogens with one attached hydrogen (secondary N) is 2. The maximum Gasteiger partial charge on any atom is 0.237 e. The number of halogens is 3. The van der Waals surface area contributed by atoms with Crippen LogP contribution in [0, 0.1) is 11.2 Å². The lowest BCUT2D eigenvalue weighted by molar-refractivity contribution is -0.122. The molecule has 0 unspecified atom stereocenters. The van der Waals surface area contributed by atoms with E-state index in [0.29, 0.717) is 28.3 Å². The second-order valence-corrected chi connectivity index (χ2v) is 10.4. The summed E-state index contributed by atoms with van der Waals surface area (Å²) in [6, 6.07) is 8.41. The van der Waals surface area contributed by atoms with E-state index in [0.717, 1.165) is 0 Å². The van der Waals surface area contributed by atoms with E-state index in [1.807, 2.05) is 26.8 Å². The van der Waals surface area contributed by atoms with Crippen LogP contribution in [0.5, 0.6) is 0 Å². The molecule has 164 valence electrons. The Morgan fingerprint density at radius 3 is 2.55 bits per heavy atom. The number of rotatable bonds is 3. The molecule has 4 rings (SSSR count). The van der Waals surface area contributed by atoms with Crippen molar-refractivity contribution < 1.29 is 14.0 Å². The Labute approximate surface area is 190 Å². The fourth-order valence-electron chi connectivity index (χ4n) is 5.15. The summed E-state index contributed by atoms with van der Waals surface area (Å²) in [5.41, 5.74) is 5.93. The average molecular weight is 464 g/mol. The summed E-state index contributed by atoms with van der Waals surface area (Å²) in [5.74, 6) is -2.22. The molecule has 1 fully saturated rings. The molecule has 1 saturated heterocycles. The monoisotopic (exact) mass is 463 g/mol. The van der Waals surface area contributed by atoms with Crippen LogP contribution in [0.25, 0.3) is 0 Å². The Hall–Kier alpha value is -2.15. The van der Waals surface area contributed by atoms with Gasteiger partial charge in [-0.2, -0.15) is 0 Å². The van der Waals surface area contributed by atoms with E-state index in [-0.39, 0.29) is 16.3 Å². The van der Waals surface area contributed by atoms with Gasteiger partial charge in [-0.25, -0.2) is 4.39 Å². The summed E-state index contributed by atoms with van der Waals surface area (Å²) in [7, 11) is 0. The first-order valence-corrected chi connectivity index (χ1v) is 10.8. The lowest BCUT2D eigenvalue weighted by atomic mass is 9.62. The van der Waals surface area contributed by atoms with Crippen LogP contribution in [-0.2, 0) is 15.0 Å². The molecule has 2 amide bonds. The molecular formula is C23H24Cl2FN3O2. The number of hydrogen-bond donors (Lipinski definition) is 3. The summed E-state index contributed by atoms with van der Waals surface area (Å²) < 4.78 is 14.6. The third kappa shape index (κ3) is 3.51. The van der Waals surface area contributed by atoms with E-state index in [1.165, 1.54) is 12.1 Å². The molecule has 0 radical (unpaired) electrons. The van der Waals surface area contributed by atoms with Gasteiger partial charge in [0.25, 0.3) is 0 Å². The van der Waals surface area contributed by atoms with Gasteiger partial charge < -0.3 is 16.4 Å². The van der Waals surface area contributed by atoms with Crippen LogP contribution >= 0.6 is 23.2 Å². The lowest BCUT2D eigenvalue weighted by Gasteiger charge is -2.37. The summed E-state index contributed by atoms with van der Waals surface area (Å²) in [6.07, 6.45) is 0.547. The number of primary amides is 1. The minimum Gasteiger partial charge on any atom is -0.368 e. The minimum atomic E-state index is -1.27. The zero-order chi connectivity index (χ0) is 22.7. The largest absolute Gasteiger partial charge is 0.368 e. The highest BCUT2D eigenvalue weighted by Crippen LogP contribution is 2.56. The first-order chi connectivity index (χ1) is 14.4. The predicted molar refractivity (Wildman–Crippen MR) is 120 cm³/mol. The Kier molecular flexibility index (Phi) is 5.31. The summed E-state index contributed by atoms with van der Waals surface area (Å²) in [5, 5.41) is 6.58. The van der Waals surface area contributed by atoms with Crippen molar-refractivity contribution in [3.05, 3.63) is 63.4 Å². The molecule has 0 aromatic heterocycles. The second-order valence-electron chi connectivity index (χ2n) is 9.53. The van der Waals surface area contributed by atoms with Crippen LogP contribution in [0.1, 0.15) is 44.2 Å². The lowest BCUT2D eigenvalue weighted by Crippen LogP contribution is -2.49. The number of anilines is 1. The van der Waals surface area contributed by atoms with Crippen LogP contribution in [0.15, 0.2) is 36.4 Å². The van der Waals surface area contributed by atoms with Gasteiger partial charge in [-0.15, -0.1) is 0 Å². The molecule has 31 heavy (non-hydrogen) atoms. The van der Waals surface area contributed by atoms with Gasteiger partial charge in [0.15, 0.2) is 0 Å². The van der Waals surface area contributed by atoms with E-state index in [9.17, 15) is 14.0 Å². The van der Waals surface area contributed by atoms with Crippen molar-refractivity contribution in [3.8, 4) is 0 Å². The Bertz CT molecular complexity index is 1080. The molecule has 0 aliphatic carbocycles. The zero-order valence-corrected chi connectivity index (χ0v) is 18.9. The molecule has 8 heteroatoms. The quantitative estimate of drug-likeness (QED) is 0.631. The second kappa shape index (κ2) is 7.47. The van der Waals surface area contributed by atoms with E-state index >= 15 is 0 Å². The summed E-state index contributed by atoms with van der Waals surface area (Å²) in [6.45, 7) is 6.14. The molecule has 1 spiro atoms. The fraction of sp³-hybridized carbons (Fsp3) is 0.391. The van der Waals surface area contributed by atoms with Crippen molar-refractivity contribution in [1.82, 2.24) is 5.32 Å². The molecule has 2 aromatic rings. The molecule has 0 saturated carbocycles. The SMILES string of the molecule is CC(C)(C)C[C@H]1N[C@@H](C(N)=O)[C@H](c2cccc(Cl)c2)[C@@]12C(=O)Nc1cc(Cl)c(F)cc12. The molecule has 4 N–H and O–H groups in total. The van der Waals surface area contributed by atoms with Crippen LogP contribution in [0.3, 0.4) is 0 Å². The van der Waals surface area contributed by atoms with Crippen molar-refractivity contribution in [3.63, 3.8) is 0 Å². The summed E-state index contributed by atoms with van der Waals surface area (Å²) in [4.78, 5) is 26.3. The van der Waals surface area contributed by atoms with Crippen LogP contribution in [0.2, 0.25) is 10.0 Å². The highest BCUT2D eigenvalue weighted by atomic mass is 35.5. The number of nitrogens with two attached hydrogens (primary N) is 1. The average Bonchev–Trinajstić information content (AvgIpc) is 3.12. The predicted octanol–water partition coefficient (Wildman–Crippen LogP) is 4.37. The first-order valence-electron chi connectivity index (χ1n) is 10.1. The van der Waals surface area contributed by atoms with Gasteiger partial charge in [-0.1, -0.05) is 56.1 Å². The number of fused-ring (bicyclic) bond motifs is 2. The number of amides is 2. The van der Waals surface area contributed by atoms with Gasteiger partial charge in [0.2, 0.25) is 11.8 Å². The van der Waals surface area contributed by atoms with Crippen molar-refractivity contribution in [2.75, 3.05) is 5.32 Å². The molecule has 2 aromatic carbocycles. The van der Waals surface area contributed by atoms with Gasteiger partial charge >= 0.3 is 0 Å². The normalized spacial score (nSPS) is 27.4. The standard InChI is InChI=1S/C23H24Cl2FN3O2/c1-22(2,3)10-17-23(13-8-15(26)14(25)9-16(13)28-21(23)31)18(19(29-17)20(27)30)11-5-4-6-12(24)7-11/h4-9,17-19,29H,10H2,1-3H3,(H2,27,30)(H,28,31)/t17-,18+,19-,23+/m1/s1. The molecule has 2 heterocycles. The van der Waals surface area contributed by atoms with Gasteiger partial charge in [0.05, 0.1) is 11.1 Å². The Balaban J connectivity index is 2.03. The summed E-state index contributed by atoms with van der Waals surface area (Å²) >= 11 is 12.3. The van der Waals surface area contributed by atoms with Gasteiger partial charge in [-0.3, -0.25) is 9.59 Å². The third-order valence-corrected chi connectivity index (χ3v) is 6.74.